The first-order valence-electron chi connectivity index (χ1n) is 5.26. The number of unbranched alkanes of at least 4 members (excludes halogenated alkanes) is 1. The van der Waals surface area contributed by atoms with Gasteiger partial charge >= 0.3 is 0 Å². The molecule has 0 radical (unpaired) electrons. The van der Waals surface area contributed by atoms with Crippen molar-refractivity contribution in [2.24, 2.45) is 0 Å². The van der Waals surface area contributed by atoms with Gasteiger partial charge in [0.05, 0.1) is 0 Å². The van der Waals surface area contributed by atoms with Gasteiger partial charge < -0.3 is 4.90 Å². The summed E-state index contributed by atoms with van der Waals surface area (Å²) in [5, 5.41) is 0. The summed E-state index contributed by atoms with van der Waals surface area (Å²) in [5.74, 6) is 0.913. The lowest BCUT2D eigenvalue weighted by Crippen LogP contribution is -2.32. The van der Waals surface area contributed by atoms with Crippen LogP contribution in [0.3, 0.4) is 0 Å². The van der Waals surface area contributed by atoms with Crippen molar-refractivity contribution < 1.29 is 4.79 Å². The molecule has 1 fully saturated rings. The second kappa shape index (κ2) is 6.07. The number of alkyl halides is 1. The van der Waals surface area contributed by atoms with E-state index in [0.717, 1.165) is 25.7 Å². The van der Waals surface area contributed by atoms with E-state index in [-0.39, 0.29) is 5.91 Å². The third kappa shape index (κ3) is 3.70. The highest BCUT2D eigenvalue weighted by Crippen LogP contribution is 2.27. The van der Waals surface area contributed by atoms with Crippen LogP contribution < -0.4 is 0 Å². The summed E-state index contributed by atoms with van der Waals surface area (Å²) in [6, 6.07) is 0.497. The predicted octanol–water partition coefficient (Wildman–Crippen LogP) is 2.57. The molecule has 1 amide bonds. The average Bonchev–Trinajstić information content (AvgIpc) is 2.98. The standard InChI is InChI=1S/C11H18ClNO/c1-2-9-13(10-6-7-10)11(14)5-3-4-8-12/h2,10H,1,3-9H2. The van der Waals surface area contributed by atoms with Crippen LogP contribution in [0.15, 0.2) is 12.7 Å². The number of rotatable bonds is 7. The maximum absolute atomic E-state index is 11.7. The largest absolute Gasteiger partial charge is 0.336 e. The Morgan fingerprint density at radius 3 is 2.71 bits per heavy atom. The lowest BCUT2D eigenvalue weighted by molar-refractivity contribution is -0.131. The molecule has 1 aliphatic rings. The summed E-state index contributed by atoms with van der Waals surface area (Å²) in [6.45, 7) is 4.37. The van der Waals surface area contributed by atoms with Crippen molar-refractivity contribution in [3.63, 3.8) is 0 Å². The molecule has 0 spiro atoms. The fraction of sp³-hybridized carbons (Fsp3) is 0.727. The van der Waals surface area contributed by atoms with Crippen molar-refractivity contribution in [3.05, 3.63) is 12.7 Å². The Bertz CT molecular complexity index is 201. The van der Waals surface area contributed by atoms with Gasteiger partial charge in [0, 0.05) is 24.9 Å². The smallest absolute Gasteiger partial charge is 0.223 e. The lowest BCUT2D eigenvalue weighted by Gasteiger charge is -2.20. The van der Waals surface area contributed by atoms with Crippen molar-refractivity contribution in [2.45, 2.75) is 38.1 Å². The number of hydrogen-bond acceptors (Lipinski definition) is 1. The second-order valence-corrected chi connectivity index (χ2v) is 4.09. The number of hydrogen-bond donors (Lipinski definition) is 0. The van der Waals surface area contributed by atoms with Crippen LogP contribution in [0, 0.1) is 0 Å². The van der Waals surface area contributed by atoms with Crippen LogP contribution in [0.25, 0.3) is 0 Å². The van der Waals surface area contributed by atoms with Gasteiger partial charge in [-0.05, 0) is 25.7 Å². The van der Waals surface area contributed by atoms with E-state index in [2.05, 4.69) is 6.58 Å². The highest BCUT2D eigenvalue weighted by Gasteiger charge is 2.30. The highest BCUT2D eigenvalue weighted by atomic mass is 35.5. The van der Waals surface area contributed by atoms with Gasteiger partial charge in [-0.15, -0.1) is 18.2 Å². The normalized spacial score (nSPS) is 15.2. The van der Waals surface area contributed by atoms with Gasteiger partial charge in [0.15, 0.2) is 0 Å². The van der Waals surface area contributed by atoms with Crippen molar-refractivity contribution in [2.75, 3.05) is 12.4 Å². The summed E-state index contributed by atoms with van der Waals surface area (Å²) in [6.07, 6.45) is 6.60. The number of nitrogens with zero attached hydrogens (tertiary/aromatic N) is 1. The Morgan fingerprint density at radius 2 is 2.21 bits per heavy atom. The third-order valence-electron chi connectivity index (χ3n) is 2.41. The van der Waals surface area contributed by atoms with Gasteiger partial charge in [-0.25, -0.2) is 0 Å². The minimum atomic E-state index is 0.262. The van der Waals surface area contributed by atoms with Crippen LogP contribution in [0.2, 0.25) is 0 Å². The minimum Gasteiger partial charge on any atom is -0.336 e. The molecule has 0 bridgehead atoms. The monoisotopic (exact) mass is 215 g/mol. The van der Waals surface area contributed by atoms with Crippen LogP contribution in [0.1, 0.15) is 32.1 Å². The molecule has 3 heteroatoms. The van der Waals surface area contributed by atoms with Crippen LogP contribution in [0.4, 0.5) is 0 Å². The van der Waals surface area contributed by atoms with Crippen LogP contribution in [0.5, 0.6) is 0 Å². The fourth-order valence-corrected chi connectivity index (χ4v) is 1.68. The molecule has 1 rings (SSSR count). The molecular weight excluding hydrogens is 198 g/mol. The number of amides is 1. The van der Waals surface area contributed by atoms with Gasteiger partial charge in [0.2, 0.25) is 5.91 Å². The molecule has 1 aliphatic carbocycles. The maximum atomic E-state index is 11.7. The van der Waals surface area contributed by atoms with Gasteiger partial charge in [-0.3, -0.25) is 4.79 Å². The Hall–Kier alpha value is -0.500. The average molecular weight is 216 g/mol. The molecule has 14 heavy (non-hydrogen) atoms. The molecule has 0 unspecified atom stereocenters. The zero-order valence-corrected chi connectivity index (χ0v) is 9.30. The SMILES string of the molecule is C=CCN(C(=O)CCCCCl)C1CC1. The summed E-state index contributed by atoms with van der Waals surface area (Å²) >= 11 is 5.56. The number of carbonyl (C=O) groups excluding carboxylic acids is 1. The first-order valence-corrected chi connectivity index (χ1v) is 5.79. The van der Waals surface area contributed by atoms with Crippen LogP contribution in [-0.2, 0) is 4.79 Å². The molecule has 2 nitrogen and oxygen atoms in total. The molecule has 0 heterocycles. The summed E-state index contributed by atoms with van der Waals surface area (Å²) in [7, 11) is 0. The van der Waals surface area contributed by atoms with E-state index < -0.39 is 0 Å². The molecule has 0 aromatic rings. The van der Waals surface area contributed by atoms with Crippen LogP contribution in [-0.4, -0.2) is 29.3 Å². The van der Waals surface area contributed by atoms with Gasteiger partial charge in [-0.2, -0.15) is 0 Å². The Kier molecular flexibility index (Phi) is 5.02. The third-order valence-corrected chi connectivity index (χ3v) is 2.68. The van der Waals surface area contributed by atoms with E-state index in [0.29, 0.717) is 24.9 Å². The molecular formula is C11H18ClNO. The lowest BCUT2D eigenvalue weighted by atomic mass is 10.2. The number of carbonyl (C=O) groups is 1. The Balaban J connectivity index is 2.26. The molecule has 80 valence electrons. The Labute approximate surface area is 90.9 Å². The van der Waals surface area contributed by atoms with Crippen LogP contribution >= 0.6 is 11.6 Å². The predicted molar refractivity (Wildman–Crippen MR) is 59.5 cm³/mol. The van der Waals surface area contributed by atoms with E-state index in [1.807, 2.05) is 4.90 Å². The van der Waals surface area contributed by atoms with E-state index in [4.69, 9.17) is 11.6 Å². The molecule has 0 aliphatic heterocycles. The van der Waals surface area contributed by atoms with Gasteiger partial charge in [0.25, 0.3) is 0 Å². The summed E-state index contributed by atoms with van der Waals surface area (Å²) in [4.78, 5) is 13.7. The first kappa shape index (κ1) is 11.6. The van der Waals surface area contributed by atoms with E-state index >= 15 is 0 Å². The van der Waals surface area contributed by atoms with Crippen molar-refractivity contribution in [1.82, 2.24) is 4.90 Å². The van der Waals surface area contributed by atoms with Crippen molar-refractivity contribution in [3.8, 4) is 0 Å². The first-order chi connectivity index (χ1) is 6.79. The molecule has 0 N–H and O–H groups in total. The van der Waals surface area contributed by atoms with Gasteiger partial charge in [-0.1, -0.05) is 6.08 Å². The molecule has 1 saturated carbocycles. The van der Waals surface area contributed by atoms with Crippen molar-refractivity contribution in [1.29, 1.82) is 0 Å². The molecule has 0 aromatic carbocycles. The van der Waals surface area contributed by atoms with Crippen molar-refractivity contribution >= 4 is 17.5 Å². The quantitative estimate of drug-likeness (QED) is 0.363. The topological polar surface area (TPSA) is 20.3 Å². The van der Waals surface area contributed by atoms with Gasteiger partial charge in [0.1, 0.15) is 0 Å². The maximum Gasteiger partial charge on any atom is 0.223 e. The van der Waals surface area contributed by atoms with E-state index in [9.17, 15) is 4.79 Å². The highest BCUT2D eigenvalue weighted by molar-refractivity contribution is 6.17. The second-order valence-electron chi connectivity index (χ2n) is 3.71. The zero-order valence-electron chi connectivity index (χ0n) is 8.54. The minimum absolute atomic E-state index is 0.262. The number of halogens is 1. The molecule has 0 saturated heterocycles. The zero-order chi connectivity index (χ0) is 10.4. The molecule has 0 atom stereocenters. The summed E-state index contributed by atoms with van der Waals surface area (Å²) in [5.41, 5.74) is 0. The van der Waals surface area contributed by atoms with E-state index in [1.165, 1.54) is 0 Å². The fourth-order valence-electron chi connectivity index (χ4n) is 1.49. The molecule has 0 aromatic heterocycles. The van der Waals surface area contributed by atoms with E-state index in [1.54, 1.807) is 6.08 Å². The summed E-state index contributed by atoms with van der Waals surface area (Å²) < 4.78 is 0. The Morgan fingerprint density at radius 1 is 1.50 bits per heavy atom.